The van der Waals surface area contributed by atoms with E-state index in [4.69, 9.17) is 0 Å². The molecule has 0 unspecified atom stereocenters. The smallest absolute Gasteiger partial charge is 0.261 e. The van der Waals surface area contributed by atoms with Gasteiger partial charge >= 0.3 is 0 Å². The van der Waals surface area contributed by atoms with Crippen LogP contribution in [-0.4, -0.2) is 28.5 Å². The van der Waals surface area contributed by atoms with E-state index in [1.165, 1.54) is 24.6 Å². The standard InChI is InChI=1S/C9H8N2O3S/c1-15-9(14)8(13)7-4-6(11-5-12)2-3-10-7/h2-5H,1H3,(H,10,11,12). The number of carbonyl (C=O) groups is 3. The molecule has 5 nitrogen and oxygen atoms in total. The van der Waals surface area contributed by atoms with Gasteiger partial charge in [0.1, 0.15) is 5.69 Å². The van der Waals surface area contributed by atoms with Crippen LogP contribution in [0.2, 0.25) is 0 Å². The highest BCUT2D eigenvalue weighted by molar-refractivity contribution is 8.14. The Labute approximate surface area is 90.3 Å². The summed E-state index contributed by atoms with van der Waals surface area (Å²) in [5, 5.41) is 1.79. The third kappa shape index (κ3) is 2.88. The molecule has 78 valence electrons. The molecular formula is C9H8N2O3S. The third-order valence-electron chi connectivity index (χ3n) is 1.59. The summed E-state index contributed by atoms with van der Waals surface area (Å²) in [6.45, 7) is 0. The molecule has 1 amide bonds. The van der Waals surface area contributed by atoms with E-state index >= 15 is 0 Å². The maximum absolute atomic E-state index is 11.4. The predicted molar refractivity (Wildman–Crippen MR) is 56.8 cm³/mol. The van der Waals surface area contributed by atoms with E-state index < -0.39 is 10.9 Å². The fourth-order valence-electron chi connectivity index (χ4n) is 0.910. The maximum Gasteiger partial charge on any atom is 0.261 e. The Morgan fingerprint density at radius 2 is 2.27 bits per heavy atom. The van der Waals surface area contributed by atoms with Gasteiger partial charge in [-0.2, -0.15) is 0 Å². The maximum atomic E-state index is 11.4. The second-order valence-electron chi connectivity index (χ2n) is 2.51. The van der Waals surface area contributed by atoms with Crippen molar-refractivity contribution in [2.45, 2.75) is 0 Å². The number of hydrogen-bond acceptors (Lipinski definition) is 5. The Kier molecular flexibility index (Phi) is 3.99. The van der Waals surface area contributed by atoms with Gasteiger partial charge in [0.05, 0.1) is 0 Å². The Balaban J connectivity index is 2.94. The number of pyridine rings is 1. The van der Waals surface area contributed by atoms with Crippen LogP contribution in [0.15, 0.2) is 18.3 Å². The molecule has 0 aliphatic carbocycles. The lowest BCUT2D eigenvalue weighted by Crippen LogP contribution is -2.12. The molecule has 15 heavy (non-hydrogen) atoms. The summed E-state index contributed by atoms with van der Waals surface area (Å²) < 4.78 is 0. The largest absolute Gasteiger partial charge is 0.329 e. The minimum atomic E-state index is -0.669. The van der Waals surface area contributed by atoms with Crippen LogP contribution >= 0.6 is 11.8 Å². The molecule has 1 aromatic rings. The number of nitrogens with zero attached hydrogens (tertiary/aromatic N) is 1. The van der Waals surface area contributed by atoms with Crippen LogP contribution in [0.1, 0.15) is 10.5 Å². The second kappa shape index (κ2) is 5.26. The number of nitrogens with one attached hydrogen (secondary N) is 1. The molecule has 0 saturated carbocycles. The van der Waals surface area contributed by atoms with Crippen molar-refractivity contribution >= 4 is 34.8 Å². The molecule has 0 fully saturated rings. The summed E-state index contributed by atoms with van der Waals surface area (Å²) in [5.41, 5.74) is 0.457. The van der Waals surface area contributed by atoms with Crippen molar-refractivity contribution in [2.75, 3.05) is 11.6 Å². The van der Waals surface area contributed by atoms with Crippen molar-refractivity contribution in [3.8, 4) is 0 Å². The highest BCUT2D eigenvalue weighted by Crippen LogP contribution is 2.10. The number of carbonyl (C=O) groups excluding carboxylic acids is 3. The average Bonchev–Trinajstić information content (AvgIpc) is 2.28. The number of amides is 1. The molecule has 1 heterocycles. The van der Waals surface area contributed by atoms with Crippen LogP contribution in [-0.2, 0) is 9.59 Å². The van der Waals surface area contributed by atoms with Gasteiger partial charge in [-0.15, -0.1) is 0 Å². The number of anilines is 1. The summed E-state index contributed by atoms with van der Waals surface area (Å²) in [7, 11) is 0. The topological polar surface area (TPSA) is 76.1 Å². The molecule has 1 aromatic heterocycles. The zero-order valence-electron chi connectivity index (χ0n) is 7.89. The average molecular weight is 224 g/mol. The van der Waals surface area contributed by atoms with Crippen molar-refractivity contribution in [3.05, 3.63) is 24.0 Å². The van der Waals surface area contributed by atoms with Crippen molar-refractivity contribution in [1.29, 1.82) is 0 Å². The van der Waals surface area contributed by atoms with Crippen molar-refractivity contribution in [2.24, 2.45) is 0 Å². The number of hydrogen-bond donors (Lipinski definition) is 1. The van der Waals surface area contributed by atoms with E-state index in [0.29, 0.717) is 12.1 Å². The predicted octanol–water partition coefficient (Wildman–Crippen LogP) is 0.722. The quantitative estimate of drug-likeness (QED) is 0.463. The molecule has 0 aromatic carbocycles. The Morgan fingerprint density at radius 3 is 2.87 bits per heavy atom. The number of thioether (sulfide) groups is 1. The molecule has 0 saturated heterocycles. The third-order valence-corrected chi connectivity index (χ3v) is 2.15. The molecule has 1 N–H and O–H groups in total. The SMILES string of the molecule is CSC(=O)C(=O)c1cc(NC=O)ccn1. The van der Waals surface area contributed by atoms with Crippen LogP contribution in [0.5, 0.6) is 0 Å². The zero-order valence-corrected chi connectivity index (χ0v) is 8.71. The first-order valence-electron chi connectivity index (χ1n) is 3.98. The molecule has 0 aliphatic heterocycles. The first kappa shape index (κ1) is 11.4. The van der Waals surface area contributed by atoms with E-state index in [1.807, 2.05) is 0 Å². The lowest BCUT2D eigenvalue weighted by atomic mass is 10.2. The van der Waals surface area contributed by atoms with Crippen molar-refractivity contribution in [3.63, 3.8) is 0 Å². The summed E-state index contributed by atoms with van der Waals surface area (Å²) in [6.07, 6.45) is 3.36. The van der Waals surface area contributed by atoms with Crippen LogP contribution in [0.3, 0.4) is 0 Å². The molecular weight excluding hydrogens is 216 g/mol. The van der Waals surface area contributed by atoms with E-state index in [-0.39, 0.29) is 5.69 Å². The Bertz CT molecular complexity index is 406. The molecule has 0 bridgehead atoms. The zero-order chi connectivity index (χ0) is 11.3. The van der Waals surface area contributed by atoms with Gasteiger partial charge in [0.15, 0.2) is 0 Å². The van der Waals surface area contributed by atoms with Gasteiger partial charge in [-0.3, -0.25) is 19.4 Å². The van der Waals surface area contributed by atoms with Crippen LogP contribution in [0.25, 0.3) is 0 Å². The van der Waals surface area contributed by atoms with Gasteiger partial charge in [0, 0.05) is 11.9 Å². The Morgan fingerprint density at radius 1 is 1.53 bits per heavy atom. The van der Waals surface area contributed by atoms with E-state index in [9.17, 15) is 14.4 Å². The number of Topliss-reactive ketones (excluding diaryl/α,β-unsaturated/α-hetero) is 1. The summed E-state index contributed by atoms with van der Waals surface area (Å²) in [4.78, 5) is 36.4. The normalized spacial score (nSPS) is 9.40. The minimum absolute atomic E-state index is 0.0289. The van der Waals surface area contributed by atoms with Crippen molar-refractivity contribution < 1.29 is 14.4 Å². The van der Waals surface area contributed by atoms with Gasteiger partial charge in [0.25, 0.3) is 10.9 Å². The first-order chi connectivity index (χ1) is 7.19. The lowest BCUT2D eigenvalue weighted by molar-refractivity contribution is -0.107. The molecule has 0 atom stereocenters. The number of aromatic nitrogens is 1. The second-order valence-corrected chi connectivity index (χ2v) is 3.29. The monoisotopic (exact) mass is 224 g/mol. The lowest BCUT2D eigenvalue weighted by Gasteiger charge is -2.00. The van der Waals surface area contributed by atoms with E-state index in [0.717, 1.165) is 11.8 Å². The Hall–Kier alpha value is -1.69. The molecule has 0 aliphatic rings. The highest BCUT2D eigenvalue weighted by Gasteiger charge is 2.16. The van der Waals surface area contributed by atoms with Crippen LogP contribution in [0.4, 0.5) is 5.69 Å². The minimum Gasteiger partial charge on any atom is -0.329 e. The fourth-order valence-corrected chi connectivity index (χ4v) is 1.20. The molecule has 0 radical (unpaired) electrons. The van der Waals surface area contributed by atoms with Crippen molar-refractivity contribution in [1.82, 2.24) is 4.98 Å². The summed E-state index contributed by atoms with van der Waals surface area (Å²) in [5.74, 6) is -0.669. The van der Waals surface area contributed by atoms with E-state index in [1.54, 1.807) is 0 Å². The summed E-state index contributed by atoms with van der Waals surface area (Å²) in [6, 6.07) is 2.87. The van der Waals surface area contributed by atoms with Gasteiger partial charge in [-0.05, 0) is 18.4 Å². The first-order valence-corrected chi connectivity index (χ1v) is 5.20. The van der Waals surface area contributed by atoms with Gasteiger partial charge in [-0.1, -0.05) is 11.8 Å². The van der Waals surface area contributed by atoms with Gasteiger partial charge < -0.3 is 5.32 Å². The number of rotatable bonds is 4. The molecule has 0 spiro atoms. The molecule has 6 heteroatoms. The summed E-state index contributed by atoms with van der Waals surface area (Å²) >= 11 is 0.829. The van der Waals surface area contributed by atoms with E-state index in [2.05, 4.69) is 10.3 Å². The number of ketones is 1. The van der Waals surface area contributed by atoms with Gasteiger partial charge in [0.2, 0.25) is 6.41 Å². The van der Waals surface area contributed by atoms with Crippen LogP contribution < -0.4 is 5.32 Å². The molecule has 1 rings (SSSR count). The fraction of sp³-hybridized carbons (Fsp3) is 0.111. The van der Waals surface area contributed by atoms with Gasteiger partial charge in [-0.25, -0.2) is 0 Å². The highest BCUT2D eigenvalue weighted by atomic mass is 32.2. The van der Waals surface area contributed by atoms with Crippen LogP contribution in [0, 0.1) is 0 Å².